The fourth-order valence-corrected chi connectivity index (χ4v) is 4.28. The van der Waals surface area contributed by atoms with Gasteiger partial charge in [-0.3, -0.25) is 4.72 Å². The first-order valence-electron chi connectivity index (χ1n) is 9.75. The number of sulfonamides is 1. The van der Waals surface area contributed by atoms with Crippen molar-refractivity contribution >= 4 is 15.7 Å². The fourth-order valence-electron chi connectivity index (χ4n) is 3.12. The first-order valence-corrected chi connectivity index (χ1v) is 11.4. The maximum atomic E-state index is 12.2. The number of benzene rings is 2. The quantitative estimate of drug-likeness (QED) is 0.513. The van der Waals surface area contributed by atoms with Crippen molar-refractivity contribution in [3.63, 3.8) is 0 Å². The van der Waals surface area contributed by atoms with Gasteiger partial charge in [0.25, 0.3) is 0 Å². The van der Waals surface area contributed by atoms with Gasteiger partial charge in [0.2, 0.25) is 10.0 Å². The lowest BCUT2D eigenvalue weighted by molar-refractivity contribution is 0.452. The molecule has 0 aliphatic carbocycles. The molecule has 0 aliphatic rings. The van der Waals surface area contributed by atoms with Gasteiger partial charge in [-0.05, 0) is 67.6 Å². The van der Waals surface area contributed by atoms with Gasteiger partial charge < -0.3 is 9.84 Å². The smallest absolute Gasteiger partial charge is 0.232 e. The van der Waals surface area contributed by atoms with Crippen LogP contribution < -0.4 is 9.46 Å². The van der Waals surface area contributed by atoms with Crippen molar-refractivity contribution in [3.05, 3.63) is 47.0 Å². The summed E-state index contributed by atoms with van der Waals surface area (Å²) in [4.78, 5) is 0. The van der Waals surface area contributed by atoms with Crippen LogP contribution in [-0.4, -0.2) is 19.3 Å². The van der Waals surface area contributed by atoms with Crippen LogP contribution in [0.4, 0.5) is 5.69 Å². The number of rotatable bonds is 9. The summed E-state index contributed by atoms with van der Waals surface area (Å²) in [5.41, 5.74) is 3.05. The van der Waals surface area contributed by atoms with Crippen LogP contribution in [-0.2, 0) is 10.0 Å². The van der Waals surface area contributed by atoms with E-state index < -0.39 is 10.0 Å². The molecule has 0 amide bonds. The number of ether oxygens (including phenoxy) is 1. The predicted molar refractivity (Wildman–Crippen MR) is 115 cm³/mol. The SMILES string of the molecule is CCCCCS(=O)(=O)Nc1cc(C)c(Oc2ccc(O)c(C(C)C)c2)c(C)c1. The molecule has 2 aromatic rings. The normalized spacial score (nSPS) is 11.6. The third kappa shape index (κ3) is 5.89. The zero-order chi connectivity index (χ0) is 20.9. The third-order valence-electron chi connectivity index (χ3n) is 4.59. The molecule has 2 aromatic carbocycles. The van der Waals surface area contributed by atoms with Gasteiger partial charge >= 0.3 is 0 Å². The Morgan fingerprint density at radius 3 is 2.29 bits per heavy atom. The van der Waals surface area contributed by atoms with E-state index in [1.54, 1.807) is 24.3 Å². The van der Waals surface area contributed by atoms with E-state index in [4.69, 9.17) is 4.74 Å². The average molecular weight is 406 g/mol. The molecule has 5 nitrogen and oxygen atoms in total. The van der Waals surface area contributed by atoms with Crippen molar-refractivity contribution in [3.8, 4) is 17.2 Å². The highest BCUT2D eigenvalue weighted by Crippen LogP contribution is 2.35. The zero-order valence-corrected chi connectivity index (χ0v) is 18.2. The molecule has 0 unspecified atom stereocenters. The Kier molecular flexibility index (Phi) is 7.35. The molecule has 0 radical (unpaired) electrons. The zero-order valence-electron chi connectivity index (χ0n) is 17.4. The topological polar surface area (TPSA) is 75.6 Å². The van der Waals surface area contributed by atoms with Crippen LogP contribution in [0.3, 0.4) is 0 Å². The number of phenolic OH excluding ortho intramolecular Hbond substituents is 1. The Morgan fingerprint density at radius 1 is 1.07 bits per heavy atom. The molecule has 0 saturated carbocycles. The number of unbranched alkanes of at least 4 members (excludes halogenated alkanes) is 2. The van der Waals surface area contributed by atoms with Crippen molar-refractivity contribution in [2.45, 2.75) is 59.8 Å². The Balaban J connectivity index is 2.21. The number of phenols is 1. The van der Waals surface area contributed by atoms with Gasteiger partial charge in [0.15, 0.2) is 0 Å². The van der Waals surface area contributed by atoms with Crippen LogP contribution in [0.5, 0.6) is 17.2 Å². The van der Waals surface area contributed by atoms with Crippen molar-refractivity contribution in [1.82, 2.24) is 0 Å². The van der Waals surface area contributed by atoms with Crippen LogP contribution in [0.25, 0.3) is 0 Å². The lowest BCUT2D eigenvalue weighted by Gasteiger charge is -2.16. The monoisotopic (exact) mass is 405 g/mol. The van der Waals surface area contributed by atoms with E-state index in [1.807, 2.05) is 40.7 Å². The average Bonchev–Trinajstić information content (AvgIpc) is 2.59. The lowest BCUT2D eigenvalue weighted by atomic mass is 10.0. The van der Waals surface area contributed by atoms with Crippen molar-refractivity contribution in [1.29, 1.82) is 0 Å². The second-order valence-electron chi connectivity index (χ2n) is 7.54. The molecule has 0 bridgehead atoms. The van der Waals surface area contributed by atoms with E-state index in [0.717, 1.165) is 29.5 Å². The summed E-state index contributed by atoms with van der Waals surface area (Å²) in [7, 11) is -3.35. The van der Waals surface area contributed by atoms with Gasteiger partial charge in [0.05, 0.1) is 5.75 Å². The van der Waals surface area contributed by atoms with Gasteiger partial charge in [0.1, 0.15) is 17.2 Å². The molecule has 0 aromatic heterocycles. The predicted octanol–water partition coefficient (Wildman–Crippen LogP) is 5.86. The van der Waals surface area contributed by atoms with Gasteiger partial charge in [-0.1, -0.05) is 33.6 Å². The minimum absolute atomic E-state index is 0.128. The summed E-state index contributed by atoms with van der Waals surface area (Å²) >= 11 is 0. The summed E-state index contributed by atoms with van der Waals surface area (Å²) in [6, 6.07) is 8.76. The molecule has 28 heavy (non-hydrogen) atoms. The van der Waals surface area contributed by atoms with E-state index in [-0.39, 0.29) is 17.4 Å². The van der Waals surface area contributed by atoms with Crippen molar-refractivity contribution < 1.29 is 18.3 Å². The Bertz CT molecular complexity index is 897. The molecule has 0 saturated heterocycles. The maximum absolute atomic E-state index is 12.2. The largest absolute Gasteiger partial charge is 0.508 e. The number of aryl methyl sites for hydroxylation is 2. The molecule has 2 N–H and O–H groups in total. The van der Waals surface area contributed by atoms with E-state index in [2.05, 4.69) is 4.72 Å². The van der Waals surface area contributed by atoms with Crippen molar-refractivity contribution in [2.75, 3.05) is 10.5 Å². The molecule has 0 fully saturated rings. The number of nitrogens with one attached hydrogen (secondary N) is 1. The van der Waals surface area contributed by atoms with Gasteiger partial charge in [-0.15, -0.1) is 0 Å². The van der Waals surface area contributed by atoms with Crippen LogP contribution >= 0.6 is 0 Å². The number of anilines is 1. The highest BCUT2D eigenvalue weighted by Gasteiger charge is 2.14. The number of hydrogen-bond acceptors (Lipinski definition) is 4. The minimum atomic E-state index is -3.35. The van der Waals surface area contributed by atoms with Gasteiger partial charge in [-0.2, -0.15) is 0 Å². The summed E-state index contributed by atoms with van der Waals surface area (Å²) in [5.74, 6) is 1.89. The summed E-state index contributed by atoms with van der Waals surface area (Å²) < 4.78 is 33.2. The Hall–Kier alpha value is -2.21. The molecule has 0 heterocycles. The van der Waals surface area contributed by atoms with Crippen LogP contribution in [0, 0.1) is 13.8 Å². The van der Waals surface area contributed by atoms with Gasteiger partial charge in [-0.25, -0.2) is 8.42 Å². The Morgan fingerprint density at radius 2 is 1.71 bits per heavy atom. The molecule has 0 atom stereocenters. The molecule has 154 valence electrons. The summed E-state index contributed by atoms with van der Waals surface area (Å²) in [5, 5.41) is 9.98. The van der Waals surface area contributed by atoms with E-state index in [9.17, 15) is 13.5 Å². The third-order valence-corrected chi connectivity index (χ3v) is 5.96. The first kappa shape index (κ1) is 22.1. The minimum Gasteiger partial charge on any atom is -0.508 e. The molecule has 2 rings (SSSR count). The fraction of sp³-hybridized carbons (Fsp3) is 0.455. The standard InChI is InChI=1S/C22H31NO4S/c1-6-7-8-11-28(25,26)23-18-12-16(4)22(17(5)13-18)27-19-9-10-21(24)20(14-19)15(2)3/h9-10,12-15,23-24H,6-8,11H2,1-5H3. The highest BCUT2D eigenvalue weighted by molar-refractivity contribution is 7.92. The molecular weight excluding hydrogens is 374 g/mol. The van der Waals surface area contributed by atoms with E-state index in [0.29, 0.717) is 23.6 Å². The second kappa shape index (κ2) is 9.32. The van der Waals surface area contributed by atoms with Gasteiger partial charge in [0, 0.05) is 11.3 Å². The highest BCUT2D eigenvalue weighted by atomic mass is 32.2. The van der Waals surface area contributed by atoms with E-state index >= 15 is 0 Å². The molecule has 6 heteroatoms. The van der Waals surface area contributed by atoms with Crippen LogP contribution in [0.2, 0.25) is 0 Å². The molecule has 0 aliphatic heterocycles. The van der Waals surface area contributed by atoms with Crippen molar-refractivity contribution in [2.24, 2.45) is 0 Å². The molecular formula is C22H31NO4S. The van der Waals surface area contributed by atoms with Crippen LogP contribution in [0.1, 0.15) is 62.6 Å². The van der Waals surface area contributed by atoms with E-state index in [1.165, 1.54) is 0 Å². The maximum Gasteiger partial charge on any atom is 0.232 e. The Labute approximate surface area is 168 Å². The van der Waals surface area contributed by atoms with Crippen LogP contribution in [0.15, 0.2) is 30.3 Å². The lowest BCUT2D eigenvalue weighted by Crippen LogP contribution is -2.16. The molecule has 0 spiro atoms. The summed E-state index contributed by atoms with van der Waals surface area (Å²) in [6.07, 6.45) is 2.54. The summed E-state index contributed by atoms with van der Waals surface area (Å²) in [6.45, 7) is 9.85. The first-order chi connectivity index (χ1) is 13.1. The number of hydrogen-bond donors (Lipinski definition) is 2. The number of aromatic hydroxyl groups is 1. The second-order valence-corrected chi connectivity index (χ2v) is 9.39.